The van der Waals surface area contributed by atoms with Crippen LogP contribution in [0.5, 0.6) is 0 Å². The van der Waals surface area contributed by atoms with Crippen LogP contribution < -0.4 is 15.5 Å². The number of para-hydroxylation sites is 1. The predicted molar refractivity (Wildman–Crippen MR) is 122 cm³/mol. The van der Waals surface area contributed by atoms with Gasteiger partial charge in [-0.05, 0) is 25.5 Å². The van der Waals surface area contributed by atoms with Crippen LogP contribution in [0.25, 0.3) is 5.32 Å². The number of hydrogen-bond acceptors (Lipinski definition) is 7. The average Bonchev–Trinajstić information content (AvgIpc) is 3.19. The summed E-state index contributed by atoms with van der Waals surface area (Å²) in [6.07, 6.45) is 1.54. The van der Waals surface area contributed by atoms with Crippen molar-refractivity contribution >= 4 is 51.3 Å². The molecule has 0 spiro atoms. The zero-order chi connectivity index (χ0) is 21.1. The molecular weight excluding hydrogens is 473 g/mol. The first kappa shape index (κ1) is 23.5. The van der Waals surface area contributed by atoms with Gasteiger partial charge in [-0.1, -0.05) is 35.1 Å². The minimum Gasteiger partial charge on any atom is -0.659 e. The Hall–Kier alpha value is -2.17. The number of benzene rings is 1. The van der Waals surface area contributed by atoms with Crippen LogP contribution >= 0.6 is 22.9 Å². The first-order valence-electron chi connectivity index (χ1n) is 9.53. The number of carbonyl (C=O) groups is 1. The third kappa shape index (κ3) is 5.75. The van der Waals surface area contributed by atoms with Gasteiger partial charge in [0.2, 0.25) is 0 Å². The van der Waals surface area contributed by atoms with E-state index in [9.17, 15) is 4.79 Å². The Morgan fingerprint density at radius 3 is 2.74 bits per heavy atom. The number of halogens is 1. The summed E-state index contributed by atoms with van der Waals surface area (Å²) in [5, 5.41) is 11.5. The van der Waals surface area contributed by atoms with Gasteiger partial charge in [0.1, 0.15) is 22.3 Å². The molecule has 3 aromatic rings. The van der Waals surface area contributed by atoms with E-state index in [0.29, 0.717) is 32.4 Å². The molecule has 0 saturated carbocycles. The second kappa shape index (κ2) is 10.4. The van der Waals surface area contributed by atoms with Crippen LogP contribution in [0.4, 0.5) is 22.5 Å². The zero-order valence-corrected chi connectivity index (χ0v) is 20.1. The smallest absolute Gasteiger partial charge is 0.267 e. The van der Waals surface area contributed by atoms with E-state index < -0.39 is 0 Å². The molecule has 2 aromatic heterocycles. The van der Waals surface area contributed by atoms with E-state index in [1.54, 1.807) is 6.07 Å². The van der Waals surface area contributed by atoms with Crippen LogP contribution in [0.15, 0.2) is 30.5 Å². The van der Waals surface area contributed by atoms with Crippen molar-refractivity contribution in [2.24, 2.45) is 0 Å². The van der Waals surface area contributed by atoms with Crippen LogP contribution in [0.3, 0.4) is 0 Å². The second-order valence-electron chi connectivity index (χ2n) is 6.86. The molecule has 1 radical (unpaired) electrons. The Balaban J connectivity index is 0.00000272. The number of hydrogen-bond donors (Lipinski definition) is 2. The molecule has 8 nitrogen and oxygen atoms in total. The fourth-order valence-electron chi connectivity index (χ4n) is 3.13. The quantitative estimate of drug-likeness (QED) is 0.547. The third-order valence-electron chi connectivity index (χ3n) is 4.63. The number of aryl methyl sites for hydroxylation is 2. The molecule has 0 bridgehead atoms. The molecule has 1 aromatic carbocycles. The Morgan fingerprint density at radius 2 is 2.00 bits per heavy atom. The SMILES string of the molecule is Cc1nc(Nc2ncc(C(=O)Nc3c(C)cccc3Cl)s2)cc(N2CC[N-]CC2)n1.[V]. The zero-order valence-electron chi connectivity index (χ0n) is 17.1. The molecule has 1 fully saturated rings. The van der Waals surface area contributed by atoms with Gasteiger partial charge >= 0.3 is 0 Å². The number of piperazine rings is 1. The van der Waals surface area contributed by atoms with Crippen molar-refractivity contribution in [2.75, 3.05) is 41.7 Å². The molecule has 11 heteroatoms. The number of carbonyl (C=O) groups excluding carboxylic acids is 1. The summed E-state index contributed by atoms with van der Waals surface area (Å²) in [5.41, 5.74) is 1.50. The van der Waals surface area contributed by atoms with E-state index in [1.807, 2.05) is 32.0 Å². The molecule has 0 atom stereocenters. The summed E-state index contributed by atoms with van der Waals surface area (Å²) in [6, 6.07) is 7.38. The van der Waals surface area contributed by atoms with Crippen molar-refractivity contribution in [2.45, 2.75) is 13.8 Å². The van der Waals surface area contributed by atoms with Crippen molar-refractivity contribution < 1.29 is 23.4 Å². The van der Waals surface area contributed by atoms with Gasteiger partial charge in [-0.25, -0.2) is 15.0 Å². The van der Waals surface area contributed by atoms with Gasteiger partial charge in [-0.3, -0.25) is 4.79 Å². The molecule has 4 rings (SSSR count). The summed E-state index contributed by atoms with van der Waals surface area (Å²) in [6.45, 7) is 7.06. The second-order valence-corrected chi connectivity index (χ2v) is 8.29. The van der Waals surface area contributed by atoms with E-state index in [-0.39, 0.29) is 24.5 Å². The normalized spacial score (nSPS) is 13.5. The molecule has 1 aliphatic heterocycles. The predicted octanol–water partition coefficient (Wildman–Crippen LogP) is 4.39. The first-order valence-corrected chi connectivity index (χ1v) is 10.7. The molecule has 0 aliphatic carbocycles. The maximum atomic E-state index is 12.6. The minimum absolute atomic E-state index is 0. The van der Waals surface area contributed by atoms with Crippen molar-refractivity contribution in [3.05, 3.63) is 57.1 Å². The number of anilines is 4. The van der Waals surface area contributed by atoms with Crippen molar-refractivity contribution in [3.8, 4) is 0 Å². The van der Waals surface area contributed by atoms with Crippen LogP contribution in [-0.2, 0) is 18.6 Å². The molecular formula is C20H21ClN7OSV-. The first-order chi connectivity index (χ1) is 14.5. The Kier molecular flexibility index (Phi) is 7.91. The van der Waals surface area contributed by atoms with Crippen LogP contribution in [0.2, 0.25) is 5.02 Å². The molecule has 161 valence electrons. The van der Waals surface area contributed by atoms with Gasteiger partial charge in [0, 0.05) is 37.7 Å². The van der Waals surface area contributed by atoms with Crippen LogP contribution in [0, 0.1) is 13.8 Å². The Morgan fingerprint density at radius 1 is 1.23 bits per heavy atom. The van der Waals surface area contributed by atoms with Crippen LogP contribution in [0.1, 0.15) is 21.1 Å². The molecule has 1 aliphatic rings. The largest absolute Gasteiger partial charge is 0.659 e. The number of nitrogens with zero attached hydrogens (tertiary/aromatic N) is 5. The standard InChI is InChI=1S/C20H21ClN7OS.V/c1-12-4-3-5-14(21)18(12)27-19(29)15-11-23-20(30-15)26-16-10-17(25-13(2)24-16)28-8-6-22-7-9-28;/h3-5,10-11H,6-9H2,1-2H3,(H,27,29)(H,23,24,25,26);/q-1;. The third-order valence-corrected chi connectivity index (χ3v) is 5.86. The van der Waals surface area contributed by atoms with Gasteiger partial charge in [0.25, 0.3) is 5.91 Å². The molecule has 0 unspecified atom stereocenters. The van der Waals surface area contributed by atoms with Gasteiger partial charge in [0.05, 0.1) is 16.9 Å². The number of thiazole rings is 1. The maximum Gasteiger partial charge on any atom is 0.267 e. The van der Waals surface area contributed by atoms with Crippen molar-refractivity contribution in [1.29, 1.82) is 0 Å². The van der Waals surface area contributed by atoms with E-state index >= 15 is 0 Å². The summed E-state index contributed by atoms with van der Waals surface area (Å²) in [4.78, 5) is 28.6. The van der Waals surface area contributed by atoms with Gasteiger partial charge < -0.3 is 20.9 Å². The van der Waals surface area contributed by atoms with Crippen LogP contribution in [-0.4, -0.2) is 47.0 Å². The fourth-order valence-corrected chi connectivity index (χ4v) is 4.11. The Bertz CT molecular complexity index is 1050. The van der Waals surface area contributed by atoms with Crippen molar-refractivity contribution in [1.82, 2.24) is 15.0 Å². The number of amides is 1. The van der Waals surface area contributed by atoms with Gasteiger partial charge in [-0.2, -0.15) is 0 Å². The fraction of sp³-hybridized carbons (Fsp3) is 0.300. The molecule has 31 heavy (non-hydrogen) atoms. The monoisotopic (exact) mass is 493 g/mol. The topological polar surface area (TPSA) is 97.1 Å². The van der Waals surface area contributed by atoms with E-state index in [1.165, 1.54) is 17.5 Å². The summed E-state index contributed by atoms with van der Waals surface area (Å²) >= 11 is 7.45. The Labute approximate surface area is 201 Å². The van der Waals surface area contributed by atoms with E-state index in [2.05, 4.69) is 35.8 Å². The number of nitrogens with one attached hydrogen (secondary N) is 2. The molecule has 3 heterocycles. The molecule has 2 N–H and O–H groups in total. The number of aromatic nitrogens is 3. The number of rotatable bonds is 5. The molecule has 1 saturated heterocycles. The maximum absolute atomic E-state index is 12.6. The average molecular weight is 494 g/mol. The molecule has 1 amide bonds. The summed E-state index contributed by atoms with van der Waals surface area (Å²) in [7, 11) is 0. The summed E-state index contributed by atoms with van der Waals surface area (Å²) < 4.78 is 0. The van der Waals surface area contributed by atoms with Gasteiger partial charge in [0.15, 0.2) is 5.13 Å². The summed E-state index contributed by atoms with van der Waals surface area (Å²) in [5.74, 6) is 1.92. The van der Waals surface area contributed by atoms with Gasteiger partial charge in [-0.15, -0.1) is 13.1 Å². The van der Waals surface area contributed by atoms with E-state index in [4.69, 9.17) is 11.6 Å². The minimum atomic E-state index is -0.256. The van der Waals surface area contributed by atoms with E-state index in [0.717, 1.165) is 37.6 Å². The van der Waals surface area contributed by atoms with Crippen molar-refractivity contribution in [3.63, 3.8) is 0 Å².